The first-order chi connectivity index (χ1) is 7.03. The van der Waals surface area contributed by atoms with Gasteiger partial charge in [0.15, 0.2) is 0 Å². The van der Waals surface area contributed by atoms with Crippen molar-refractivity contribution in [2.24, 2.45) is 5.41 Å². The lowest BCUT2D eigenvalue weighted by molar-refractivity contribution is 0.157. The van der Waals surface area contributed by atoms with Crippen LogP contribution in [0.25, 0.3) is 0 Å². The molecule has 0 bridgehead atoms. The summed E-state index contributed by atoms with van der Waals surface area (Å²) in [5.74, 6) is 0. The van der Waals surface area contributed by atoms with Crippen LogP contribution in [0.2, 0.25) is 0 Å². The van der Waals surface area contributed by atoms with Crippen molar-refractivity contribution in [3.05, 3.63) is 20.8 Å². The summed E-state index contributed by atoms with van der Waals surface area (Å²) in [4.78, 5) is 1.39. The molecule has 0 radical (unpaired) electrons. The highest BCUT2D eigenvalue weighted by Gasteiger charge is 2.15. The van der Waals surface area contributed by atoms with Crippen LogP contribution < -0.4 is 5.32 Å². The molecule has 0 spiro atoms. The summed E-state index contributed by atoms with van der Waals surface area (Å²) < 4.78 is 1.19. The molecule has 0 unspecified atom stereocenters. The first-order valence-corrected chi connectivity index (χ1v) is 6.70. The van der Waals surface area contributed by atoms with Gasteiger partial charge in [0.2, 0.25) is 0 Å². The Balaban J connectivity index is 2.17. The van der Waals surface area contributed by atoms with Crippen molar-refractivity contribution in [3.8, 4) is 0 Å². The number of thiophene rings is 1. The van der Waals surface area contributed by atoms with Crippen LogP contribution in [0.15, 0.2) is 15.9 Å². The van der Waals surface area contributed by atoms with Crippen molar-refractivity contribution in [3.63, 3.8) is 0 Å². The molecule has 1 rings (SSSR count). The molecule has 0 amide bonds. The van der Waals surface area contributed by atoms with Crippen LogP contribution in [0, 0.1) is 5.41 Å². The highest BCUT2D eigenvalue weighted by molar-refractivity contribution is 9.11. The second-order valence-corrected chi connectivity index (χ2v) is 7.00. The van der Waals surface area contributed by atoms with Gasteiger partial charge in [-0.25, -0.2) is 0 Å². The van der Waals surface area contributed by atoms with Crippen molar-refractivity contribution < 1.29 is 5.11 Å². The van der Waals surface area contributed by atoms with Crippen molar-refractivity contribution in [1.29, 1.82) is 0 Å². The molecule has 86 valence electrons. The Morgan fingerprint density at radius 3 is 2.73 bits per heavy atom. The predicted molar refractivity (Wildman–Crippen MR) is 69.5 cm³/mol. The molecular formula is C11H18BrNOS. The fourth-order valence-corrected chi connectivity index (χ4v) is 2.66. The van der Waals surface area contributed by atoms with E-state index in [1.807, 2.05) is 0 Å². The van der Waals surface area contributed by atoms with E-state index in [9.17, 15) is 0 Å². The Hall–Kier alpha value is 0.1000. The molecule has 0 aliphatic heterocycles. The molecular weight excluding hydrogens is 274 g/mol. The monoisotopic (exact) mass is 291 g/mol. The number of aliphatic hydroxyl groups excluding tert-OH is 1. The molecule has 1 heterocycles. The van der Waals surface area contributed by atoms with E-state index in [1.54, 1.807) is 11.3 Å². The summed E-state index contributed by atoms with van der Waals surface area (Å²) in [7, 11) is 0. The molecule has 0 saturated heterocycles. The van der Waals surface area contributed by atoms with Crippen LogP contribution >= 0.6 is 27.3 Å². The Morgan fingerprint density at radius 1 is 1.47 bits per heavy atom. The van der Waals surface area contributed by atoms with Gasteiger partial charge in [0, 0.05) is 23.4 Å². The van der Waals surface area contributed by atoms with Gasteiger partial charge in [0.25, 0.3) is 0 Å². The van der Waals surface area contributed by atoms with E-state index in [2.05, 4.69) is 47.2 Å². The standard InChI is InChI=1S/C11H18BrNOS/c1-11(2,8-14)7-13-6-5-9-3-4-10(12)15-9/h3-4,13-14H,5-8H2,1-2H3. The molecule has 2 nitrogen and oxygen atoms in total. The van der Waals surface area contributed by atoms with Gasteiger partial charge >= 0.3 is 0 Å². The summed E-state index contributed by atoms with van der Waals surface area (Å²) in [6.45, 7) is 6.17. The number of hydrogen-bond acceptors (Lipinski definition) is 3. The molecule has 1 aromatic heterocycles. The van der Waals surface area contributed by atoms with Gasteiger partial charge in [0.05, 0.1) is 3.79 Å². The number of rotatable bonds is 6. The molecule has 0 aliphatic carbocycles. The number of aliphatic hydroxyl groups is 1. The van der Waals surface area contributed by atoms with E-state index in [1.165, 1.54) is 8.66 Å². The smallest absolute Gasteiger partial charge is 0.0701 e. The number of nitrogens with one attached hydrogen (secondary N) is 1. The average molecular weight is 292 g/mol. The van der Waals surface area contributed by atoms with Crippen LogP contribution in [-0.4, -0.2) is 24.8 Å². The molecule has 4 heteroatoms. The van der Waals surface area contributed by atoms with Crippen molar-refractivity contribution in [1.82, 2.24) is 5.32 Å². The molecule has 2 N–H and O–H groups in total. The molecule has 0 aromatic carbocycles. The third-order valence-corrected chi connectivity index (χ3v) is 3.89. The fourth-order valence-electron chi connectivity index (χ4n) is 1.18. The molecule has 1 aromatic rings. The second-order valence-electron chi connectivity index (χ2n) is 4.45. The zero-order valence-corrected chi connectivity index (χ0v) is 11.6. The molecule has 0 aliphatic rings. The maximum Gasteiger partial charge on any atom is 0.0701 e. The quantitative estimate of drug-likeness (QED) is 0.790. The Kier molecular flexibility index (Phi) is 5.26. The SMILES string of the molecule is CC(C)(CO)CNCCc1ccc(Br)s1. The zero-order valence-electron chi connectivity index (χ0n) is 9.22. The lowest BCUT2D eigenvalue weighted by Crippen LogP contribution is -2.33. The van der Waals surface area contributed by atoms with Gasteiger partial charge in [0.1, 0.15) is 0 Å². The predicted octanol–water partition coefficient (Wildman–Crippen LogP) is 2.66. The number of hydrogen-bond donors (Lipinski definition) is 2. The largest absolute Gasteiger partial charge is 0.396 e. The fraction of sp³-hybridized carbons (Fsp3) is 0.636. The van der Waals surface area contributed by atoms with Crippen molar-refractivity contribution in [2.45, 2.75) is 20.3 Å². The summed E-state index contributed by atoms with van der Waals surface area (Å²) in [6.07, 6.45) is 1.05. The minimum Gasteiger partial charge on any atom is -0.396 e. The van der Waals surface area contributed by atoms with Crippen molar-refractivity contribution in [2.75, 3.05) is 19.7 Å². The third kappa shape index (κ3) is 5.11. The summed E-state index contributed by atoms with van der Waals surface area (Å²) >= 11 is 5.23. The Labute approximate surface area is 104 Å². The van der Waals surface area contributed by atoms with Gasteiger partial charge < -0.3 is 10.4 Å². The molecule has 0 atom stereocenters. The van der Waals surface area contributed by atoms with Crippen LogP contribution in [0.4, 0.5) is 0 Å². The Bertz CT molecular complexity index is 299. The average Bonchev–Trinajstić information content (AvgIpc) is 2.59. The van der Waals surface area contributed by atoms with Crippen molar-refractivity contribution >= 4 is 27.3 Å². The van der Waals surface area contributed by atoms with E-state index < -0.39 is 0 Å². The van der Waals surface area contributed by atoms with Crippen LogP contribution in [0.1, 0.15) is 18.7 Å². The molecule has 0 saturated carbocycles. The van der Waals surface area contributed by atoms with Gasteiger partial charge in [-0.05, 0) is 41.0 Å². The zero-order chi connectivity index (χ0) is 11.3. The topological polar surface area (TPSA) is 32.3 Å². The van der Waals surface area contributed by atoms with Gasteiger partial charge in [-0.1, -0.05) is 13.8 Å². The molecule has 15 heavy (non-hydrogen) atoms. The van der Waals surface area contributed by atoms with E-state index in [0.29, 0.717) is 0 Å². The summed E-state index contributed by atoms with van der Waals surface area (Å²) in [5, 5.41) is 12.4. The van der Waals surface area contributed by atoms with Crippen LogP contribution in [-0.2, 0) is 6.42 Å². The lowest BCUT2D eigenvalue weighted by Gasteiger charge is -2.21. The first kappa shape index (κ1) is 13.2. The van der Waals surface area contributed by atoms with Gasteiger partial charge in [-0.3, -0.25) is 0 Å². The third-order valence-electron chi connectivity index (χ3n) is 2.21. The summed E-state index contributed by atoms with van der Waals surface area (Å²) in [5.41, 5.74) is -0.0178. The van der Waals surface area contributed by atoms with Gasteiger partial charge in [-0.2, -0.15) is 0 Å². The van der Waals surface area contributed by atoms with E-state index in [0.717, 1.165) is 19.5 Å². The second kappa shape index (κ2) is 5.99. The summed E-state index contributed by atoms with van der Waals surface area (Å²) in [6, 6.07) is 4.23. The molecule has 0 fully saturated rings. The Morgan fingerprint density at radius 2 is 2.20 bits per heavy atom. The highest BCUT2D eigenvalue weighted by atomic mass is 79.9. The van der Waals surface area contributed by atoms with E-state index >= 15 is 0 Å². The van der Waals surface area contributed by atoms with Crippen LogP contribution in [0.5, 0.6) is 0 Å². The lowest BCUT2D eigenvalue weighted by atomic mass is 9.95. The maximum absolute atomic E-state index is 9.07. The highest BCUT2D eigenvalue weighted by Crippen LogP contribution is 2.22. The van der Waals surface area contributed by atoms with Crippen LogP contribution in [0.3, 0.4) is 0 Å². The first-order valence-electron chi connectivity index (χ1n) is 5.09. The minimum atomic E-state index is -0.0178. The van der Waals surface area contributed by atoms with E-state index in [4.69, 9.17) is 5.11 Å². The normalized spacial score (nSPS) is 12.0. The van der Waals surface area contributed by atoms with E-state index in [-0.39, 0.29) is 12.0 Å². The minimum absolute atomic E-state index is 0.0178. The van der Waals surface area contributed by atoms with Gasteiger partial charge in [-0.15, -0.1) is 11.3 Å². The maximum atomic E-state index is 9.07. The number of halogens is 1.